The van der Waals surface area contributed by atoms with Crippen LogP contribution in [-0.2, 0) is 0 Å². The summed E-state index contributed by atoms with van der Waals surface area (Å²) in [7, 11) is 1.46. The van der Waals surface area contributed by atoms with Crippen LogP contribution in [0.25, 0.3) is 5.69 Å². The summed E-state index contributed by atoms with van der Waals surface area (Å²) in [6, 6.07) is 8.29. The van der Waals surface area contributed by atoms with E-state index in [4.69, 9.17) is 4.74 Å². The van der Waals surface area contributed by atoms with Crippen LogP contribution in [0.1, 0.15) is 11.3 Å². The quantitative estimate of drug-likeness (QED) is 0.356. The Morgan fingerprint density at radius 3 is 2.53 bits per heavy atom. The lowest BCUT2D eigenvalue weighted by atomic mass is 10.2. The zero-order valence-electron chi connectivity index (χ0n) is 15.7. The van der Waals surface area contributed by atoms with E-state index in [1.165, 1.54) is 11.8 Å². The molecule has 0 spiro atoms. The van der Waals surface area contributed by atoms with E-state index in [0.29, 0.717) is 23.2 Å². The molecule has 1 aromatic heterocycles. The van der Waals surface area contributed by atoms with E-state index in [2.05, 4.69) is 10.1 Å². The number of aliphatic imine (C=N–C) groups is 1. The number of para-hydroxylation sites is 2. The average molecular weight is 413 g/mol. The fourth-order valence-corrected chi connectivity index (χ4v) is 2.76. The zero-order chi connectivity index (χ0) is 22.0. The van der Waals surface area contributed by atoms with Gasteiger partial charge in [0.25, 0.3) is 11.2 Å². The first-order chi connectivity index (χ1) is 14.2. The van der Waals surface area contributed by atoms with Crippen LogP contribution in [0.15, 0.2) is 46.2 Å². The maximum atomic E-state index is 12.8. The first-order valence-electron chi connectivity index (χ1n) is 8.39. The van der Waals surface area contributed by atoms with Gasteiger partial charge in [-0.2, -0.15) is 0 Å². The first-order valence-corrected chi connectivity index (χ1v) is 8.39. The molecule has 0 fully saturated rings. The van der Waals surface area contributed by atoms with Crippen molar-refractivity contribution in [1.29, 1.82) is 0 Å². The Morgan fingerprint density at radius 2 is 1.90 bits per heavy atom. The van der Waals surface area contributed by atoms with Gasteiger partial charge in [0.2, 0.25) is 5.75 Å². The maximum Gasteiger partial charge on any atom is 0.319 e. The number of benzene rings is 2. The minimum atomic E-state index is -0.961. The van der Waals surface area contributed by atoms with Crippen molar-refractivity contribution in [1.82, 2.24) is 9.78 Å². The van der Waals surface area contributed by atoms with E-state index in [0.717, 1.165) is 12.3 Å². The third-order valence-corrected chi connectivity index (χ3v) is 4.24. The molecule has 2 N–H and O–H groups in total. The smallest absolute Gasteiger partial charge is 0.319 e. The van der Waals surface area contributed by atoms with Gasteiger partial charge in [0.05, 0.1) is 28.6 Å². The number of ether oxygens (including phenoxy) is 1. The number of aromatic amines is 1. The molecule has 30 heavy (non-hydrogen) atoms. The highest BCUT2D eigenvalue weighted by molar-refractivity contribution is 5.85. The summed E-state index contributed by atoms with van der Waals surface area (Å²) in [6.07, 6.45) is 1.07. The molecule has 12 heteroatoms. The molecular formula is C18H15N5O7. The summed E-state index contributed by atoms with van der Waals surface area (Å²) in [5, 5.41) is 35.0. The van der Waals surface area contributed by atoms with Crippen molar-refractivity contribution in [3.05, 3.63) is 78.2 Å². The normalized spacial score (nSPS) is 11.0. The number of phenolic OH excluding ortho intramolecular Hbond substituents is 1. The van der Waals surface area contributed by atoms with Gasteiger partial charge >= 0.3 is 5.69 Å². The largest absolute Gasteiger partial charge is 0.501 e. The van der Waals surface area contributed by atoms with Crippen LogP contribution in [-0.4, -0.2) is 38.1 Å². The van der Waals surface area contributed by atoms with Crippen molar-refractivity contribution in [3.63, 3.8) is 0 Å². The first kappa shape index (κ1) is 20.3. The van der Waals surface area contributed by atoms with Crippen LogP contribution in [0.3, 0.4) is 0 Å². The van der Waals surface area contributed by atoms with E-state index < -0.39 is 38.2 Å². The molecule has 154 valence electrons. The Hall–Kier alpha value is -4.48. The number of rotatable bonds is 6. The Kier molecular flexibility index (Phi) is 5.31. The van der Waals surface area contributed by atoms with Gasteiger partial charge in [0, 0.05) is 18.0 Å². The van der Waals surface area contributed by atoms with Crippen molar-refractivity contribution < 1.29 is 19.7 Å². The summed E-state index contributed by atoms with van der Waals surface area (Å²) in [6.45, 7) is 1.60. The Morgan fingerprint density at radius 1 is 1.20 bits per heavy atom. The number of nitro groups is 2. The van der Waals surface area contributed by atoms with E-state index in [1.807, 2.05) is 0 Å². The highest BCUT2D eigenvalue weighted by Crippen LogP contribution is 2.39. The Balaban J connectivity index is 2.10. The molecule has 0 atom stereocenters. The Labute approximate surface area is 168 Å². The predicted molar refractivity (Wildman–Crippen MR) is 106 cm³/mol. The summed E-state index contributed by atoms with van der Waals surface area (Å²) >= 11 is 0. The van der Waals surface area contributed by atoms with Gasteiger partial charge in [0.1, 0.15) is 17.1 Å². The molecule has 0 radical (unpaired) electrons. The van der Waals surface area contributed by atoms with Crippen LogP contribution in [0.4, 0.5) is 17.1 Å². The van der Waals surface area contributed by atoms with Gasteiger partial charge in [-0.1, -0.05) is 12.1 Å². The highest BCUT2D eigenvalue weighted by atomic mass is 16.6. The summed E-state index contributed by atoms with van der Waals surface area (Å²) in [5.74, 6) is -0.406. The average Bonchev–Trinajstić information content (AvgIpc) is 3.00. The van der Waals surface area contributed by atoms with Gasteiger partial charge in [-0.25, -0.2) is 4.68 Å². The molecular weight excluding hydrogens is 398 g/mol. The second-order valence-corrected chi connectivity index (χ2v) is 6.07. The third-order valence-electron chi connectivity index (χ3n) is 4.24. The third kappa shape index (κ3) is 3.61. The zero-order valence-corrected chi connectivity index (χ0v) is 15.7. The van der Waals surface area contributed by atoms with Crippen LogP contribution in [0, 0.1) is 27.2 Å². The van der Waals surface area contributed by atoms with Crippen molar-refractivity contribution in [2.45, 2.75) is 6.92 Å². The standard InChI is InChI=1S/C18H15N5O7/c1-10-12(18(25)21(20-10)14-5-3-4-6-16(14)30-2)9-19-13-7-11(22(26)27)8-15(17(13)24)23(28)29/h3-9,20,24H,1-2H3. The van der Waals surface area contributed by atoms with Crippen LogP contribution in [0.2, 0.25) is 0 Å². The number of H-pyrrole nitrogens is 1. The fourth-order valence-electron chi connectivity index (χ4n) is 2.76. The Bertz CT molecular complexity index is 1240. The van der Waals surface area contributed by atoms with Crippen LogP contribution in [0.5, 0.6) is 11.5 Å². The lowest BCUT2D eigenvalue weighted by molar-refractivity contribution is -0.394. The van der Waals surface area contributed by atoms with Gasteiger partial charge < -0.3 is 9.84 Å². The van der Waals surface area contributed by atoms with Gasteiger partial charge in [-0.05, 0) is 19.1 Å². The van der Waals surface area contributed by atoms with Crippen molar-refractivity contribution in [2.75, 3.05) is 7.11 Å². The number of phenols is 1. The number of aromatic nitrogens is 2. The van der Waals surface area contributed by atoms with Crippen LogP contribution >= 0.6 is 0 Å². The number of nitrogens with one attached hydrogen (secondary N) is 1. The lowest BCUT2D eigenvalue weighted by Crippen LogP contribution is -2.17. The molecule has 0 unspecified atom stereocenters. The highest BCUT2D eigenvalue weighted by Gasteiger charge is 2.24. The van der Waals surface area contributed by atoms with E-state index in [1.54, 1.807) is 31.2 Å². The molecule has 0 amide bonds. The number of non-ortho nitro benzene ring substituents is 1. The van der Waals surface area contributed by atoms with E-state index >= 15 is 0 Å². The number of hydrogen-bond acceptors (Lipinski definition) is 8. The number of aryl methyl sites for hydroxylation is 1. The van der Waals surface area contributed by atoms with Gasteiger partial charge in [0.15, 0.2) is 0 Å². The predicted octanol–water partition coefficient (Wildman–Crippen LogP) is 2.76. The van der Waals surface area contributed by atoms with E-state index in [9.17, 15) is 30.1 Å². The second kappa shape index (κ2) is 7.87. The monoisotopic (exact) mass is 413 g/mol. The molecule has 3 aromatic rings. The number of aromatic hydroxyl groups is 1. The summed E-state index contributed by atoms with van der Waals surface area (Å²) in [4.78, 5) is 37.0. The molecule has 2 aromatic carbocycles. The molecule has 1 heterocycles. The molecule has 3 rings (SSSR count). The minimum Gasteiger partial charge on any atom is -0.501 e. The maximum absolute atomic E-state index is 12.8. The number of methoxy groups -OCH3 is 1. The number of nitro benzene ring substituents is 2. The fraction of sp³-hybridized carbons (Fsp3) is 0.111. The molecule has 0 aliphatic carbocycles. The van der Waals surface area contributed by atoms with Gasteiger partial charge in [-0.15, -0.1) is 0 Å². The van der Waals surface area contributed by atoms with E-state index in [-0.39, 0.29) is 5.56 Å². The molecule has 0 saturated carbocycles. The molecule has 0 aliphatic heterocycles. The van der Waals surface area contributed by atoms with Gasteiger partial charge in [-0.3, -0.25) is 35.1 Å². The summed E-state index contributed by atoms with van der Waals surface area (Å²) in [5.41, 5.74) is -1.46. The summed E-state index contributed by atoms with van der Waals surface area (Å²) < 4.78 is 6.47. The molecule has 0 bridgehead atoms. The SMILES string of the molecule is COc1ccccc1-n1[nH]c(C)c(C=Nc2cc([N+](=O)[O-])cc([N+](=O)[O-])c2O)c1=O. The van der Waals surface area contributed by atoms with Crippen molar-refractivity contribution in [3.8, 4) is 17.2 Å². The molecule has 0 saturated heterocycles. The lowest BCUT2D eigenvalue weighted by Gasteiger charge is -2.07. The second-order valence-electron chi connectivity index (χ2n) is 6.07. The van der Waals surface area contributed by atoms with Crippen molar-refractivity contribution in [2.24, 2.45) is 4.99 Å². The molecule has 12 nitrogen and oxygen atoms in total. The number of hydrogen-bond donors (Lipinski definition) is 2. The topological polar surface area (TPSA) is 166 Å². The number of nitrogens with zero attached hydrogens (tertiary/aromatic N) is 4. The van der Waals surface area contributed by atoms with Crippen LogP contribution < -0.4 is 10.3 Å². The molecule has 0 aliphatic rings. The minimum absolute atomic E-state index is 0.0921. The van der Waals surface area contributed by atoms with Crippen molar-refractivity contribution >= 4 is 23.3 Å².